The highest BCUT2D eigenvalue weighted by molar-refractivity contribution is 5.68. The molecule has 4 nitrogen and oxygen atoms in total. The van der Waals surface area contributed by atoms with Crippen molar-refractivity contribution in [2.75, 3.05) is 19.6 Å². The molecule has 19 heavy (non-hydrogen) atoms. The monoisotopic (exact) mass is 268 g/mol. The van der Waals surface area contributed by atoms with E-state index in [9.17, 15) is 4.79 Å². The largest absolute Gasteiger partial charge is 0.444 e. The number of hydrogen-bond acceptors (Lipinski definition) is 3. The molecule has 1 atom stereocenters. The number of hydrogen-bond donors (Lipinski definition) is 1. The molecular formula is C15H28N2O2. The van der Waals surface area contributed by atoms with Gasteiger partial charge in [-0.15, -0.1) is 0 Å². The third-order valence-corrected chi connectivity index (χ3v) is 4.47. The van der Waals surface area contributed by atoms with Crippen molar-refractivity contribution in [3.63, 3.8) is 0 Å². The van der Waals surface area contributed by atoms with Crippen LogP contribution in [0.25, 0.3) is 0 Å². The van der Waals surface area contributed by atoms with Gasteiger partial charge in [-0.05, 0) is 70.8 Å². The van der Waals surface area contributed by atoms with Crippen LogP contribution >= 0.6 is 0 Å². The first-order chi connectivity index (χ1) is 8.86. The highest BCUT2D eigenvalue weighted by atomic mass is 16.6. The quantitative estimate of drug-likeness (QED) is 0.856. The molecule has 1 aliphatic heterocycles. The maximum atomic E-state index is 12.1. The summed E-state index contributed by atoms with van der Waals surface area (Å²) in [7, 11) is 0. The van der Waals surface area contributed by atoms with Crippen LogP contribution in [0, 0.1) is 11.3 Å². The lowest BCUT2D eigenvalue weighted by Crippen LogP contribution is -2.45. The molecule has 1 unspecified atom stereocenters. The van der Waals surface area contributed by atoms with Crippen molar-refractivity contribution in [1.29, 1.82) is 0 Å². The molecule has 110 valence electrons. The van der Waals surface area contributed by atoms with E-state index >= 15 is 0 Å². The van der Waals surface area contributed by atoms with Crippen molar-refractivity contribution < 1.29 is 9.53 Å². The molecule has 4 heteroatoms. The average Bonchev–Trinajstić information content (AvgIpc) is 3.09. The van der Waals surface area contributed by atoms with Gasteiger partial charge >= 0.3 is 6.09 Å². The molecule has 0 bridgehead atoms. The molecule has 1 aliphatic carbocycles. The minimum atomic E-state index is -0.404. The van der Waals surface area contributed by atoms with Crippen molar-refractivity contribution in [2.24, 2.45) is 17.1 Å². The molecule has 0 aromatic heterocycles. The SMILES string of the molecule is CC(C)(C)OC(=O)N1CCCC(C2(CCN)CC2)C1. The molecule has 0 aromatic carbocycles. The minimum Gasteiger partial charge on any atom is -0.444 e. The number of piperidine rings is 1. The zero-order valence-electron chi connectivity index (χ0n) is 12.6. The maximum Gasteiger partial charge on any atom is 0.410 e. The van der Waals surface area contributed by atoms with Crippen molar-refractivity contribution in [1.82, 2.24) is 4.90 Å². The Hall–Kier alpha value is -0.770. The molecular weight excluding hydrogens is 240 g/mol. The molecule has 1 heterocycles. The van der Waals surface area contributed by atoms with Gasteiger partial charge in [0.1, 0.15) is 5.60 Å². The first-order valence-electron chi connectivity index (χ1n) is 7.54. The summed E-state index contributed by atoms with van der Waals surface area (Å²) in [5.41, 5.74) is 5.77. The van der Waals surface area contributed by atoms with Gasteiger partial charge in [0.05, 0.1) is 0 Å². The van der Waals surface area contributed by atoms with Gasteiger partial charge in [-0.3, -0.25) is 0 Å². The van der Waals surface area contributed by atoms with Crippen LogP contribution in [0.15, 0.2) is 0 Å². The third-order valence-electron chi connectivity index (χ3n) is 4.47. The lowest BCUT2D eigenvalue weighted by Gasteiger charge is -2.38. The van der Waals surface area contributed by atoms with Crippen molar-refractivity contribution in [3.8, 4) is 0 Å². The number of carbonyl (C=O) groups excluding carboxylic acids is 1. The summed E-state index contributed by atoms with van der Waals surface area (Å²) >= 11 is 0. The molecule has 2 aliphatic rings. The molecule has 2 rings (SSSR count). The fraction of sp³-hybridized carbons (Fsp3) is 0.933. The van der Waals surface area contributed by atoms with Crippen molar-refractivity contribution >= 4 is 6.09 Å². The summed E-state index contributed by atoms with van der Waals surface area (Å²) < 4.78 is 5.48. The number of ether oxygens (including phenoxy) is 1. The zero-order chi connectivity index (χ0) is 14.1. The Morgan fingerprint density at radius 3 is 2.63 bits per heavy atom. The van der Waals surface area contributed by atoms with Gasteiger partial charge in [-0.1, -0.05) is 0 Å². The molecule has 0 aromatic rings. The Kier molecular flexibility index (Phi) is 4.09. The van der Waals surface area contributed by atoms with Gasteiger partial charge in [-0.2, -0.15) is 0 Å². The van der Waals surface area contributed by atoms with Crippen LogP contribution in [0.3, 0.4) is 0 Å². The predicted molar refractivity (Wildman–Crippen MR) is 75.9 cm³/mol. The third kappa shape index (κ3) is 3.62. The number of rotatable bonds is 3. The van der Waals surface area contributed by atoms with Crippen LogP contribution in [0.1, 0.15) is 52.9 Å². The van der Waals surface area contributed by atoms with Gasteiger partial charge in [0.25, 0.3) is 0 Å². The summed E-state index contributed by atoms with van der Waals surface area (Å²) in [6.07, 6.45) is 5.87. The Morgan fingerprint density at radius 1 is 1.42 bits per heavy atom. The van der Waals surface area contributed by atoms with Crippen molar-refractivity contribution in [3.05, 3.63) is 0 Å². The van der Waals surface area contributed by atoms with Crippen molar-refractivity contribution in [2.45, 2.75) is 58.5 Å². The lowest BCUT2D eigenvalue weighted by molar-refractivity contribution is 0.0114. The first kappa shape index (κ1) is 14.6. The average molecular weight is 268 g/mol. The number of likely N-dealkylation sites (tertiary alicyclic amines) is 1. The minimum absolute atomic E-state index is 0.152. The van der Waals surface area contributed by atoms with Gasteiger partial charge in [-0.25, -0.2) is 4.79 Å². The topological polar surface area (TPSA) is 55.6 Å². The van der Waals surface area contributed by atoms with Crippen LogP contribution < -0.4 is 5.73 Å². The molecule has 1 saturated heterocycles. The highest BCUT2D eigenvalue weighted by Crippen LogP contribution is 2.56. The van der Waals surface area contributed by atoms with E-state index in [1.807, 2.05) is 25.7 Å². The normalized spacial score (nSPS) is 26.1. The second-order valence-corrected chi connectivity index (χ2v) is 7.17. The second kappa shape index (κ2) is 5.31. The smallest absolute Gasteiger partial charge is 0.410 e. The Labute approximate surface area is 116 Å². The van der Waals surface area contributed by atoms with Crippen LogP contribution in [0.4, 0.5) is 4.79 Å². The van der Waals surface area contributed by atoms with E-state index < -0.39 is 5.60 Å². The molecule has 2 fully saturated rings. The van der Waals surface area contributed by atoms with Gasteiger partial charge in [0, 0.05) is 13.1 Å². The zero-order valence-corrected chi connectivity index (χ0v) is 12.6. The maximum absolute atomic E-state index is 12.1. The summed E-state index contributed by atoms with van der Waals surface area (Å²) in [6, 6.07) is 0. The standard InChI is InChI=1S/C15H28N2O2/c1-14(2,3)19-13(18)17-10-4-5-12(11-17)15(6-7-15)8-9-16/h12H,4-11,16H2,1-3H3. The fourth-order valence-electron chi connectivity index (χ4n) is 3.28. The fourth-order valence-corrected chi connectivity index (χ4v) is 3.28. The van der Waals surface area contributed by atoms with E-state index in [1.54, 1.807) is 0 Å². The first-order valence-corrected chi connectivity index (χ1v) is 7.54. The van der Waals surface area contributed by atoms with E-state index in [1.165, 1.54) is 19.3 Å². The molecule has 2 N–H and O–H groups in total. The number of amides is 1. The van der Waals surface area contributed by atoms with Crippen LogP contribution in [0.2, 0.25) is 0 Å². The Bertz CT molecular complexity index is 332. The summed E-state index contributed by atoms with van der Waals surface area (Å²) in [5.74, 6) is 0.623. The van der Waals surface area contributed by atoms with Crippen LogP contribution in [0.5, 0.6) is 0 Å². The Balaban J connectivity index is 1.92. The number of nitrogens with two attached hydrogens (primary N) is 1. The van der Waals surface area contributed by atoms with E-state index in [4.69, 9.17) is 10.5 Å². The Morgan fingerprint density at radius 2 is 2.11 bits per heavy atom. The number of nitrogens with zero attached hydrogens (tertiary/aromatic N) is 1. The molecule has 0 radical (unpaired) electrons. The summed E-state index contributed by atoms with van der Waals surface area (Å²) in [6.45, 7) is 8.22. The summed E-state index contributed by atoms with van der Waals surface area (Å²) in [5, 5.41) is 0. The van der Waals surface area contributed by atoms with E-state index in [0.717, 1.165) is 32.5 Å². The highest BCUT2D eigenvalue weighted by Gasteiger charge is 2.49. The molecule has 1 saturated carbocycles. The second-order valence-electron chi connectivity index (χ2n) is 7.17. The summed E-state index contributed by atoms with van der Waals surface area (Å²) in [4.78, 5) is 14.0. The molecule has 1 amide bonds. The van der Waals surface area contributed by atoms with Gasteiger partial charge < -0.3 is 15.4 Å². The number of carbonyl (C=O) groups is 1. The molecule has 0 spiro atoms. The van der Waals surface area contributed by atoms with Crippen LogP contribution in [-0.2, 0) is 4.74 Å². The van der Waals surface area contributed by atoms with Crippen LogP contribution in [-0.4, -0.2) is 36.2 Å². The van der Waals surface area contributed by atoms with E-state index in [0.29, 0.717) is 11.3 Å². The van der Waals surface area contributed by atoms with Gasteiger partial charge in [0.2, 0.25) is 0 Å². The van der Waals surface area contributed by atoms with Gasteiger partial charge in [0.15, 0.2) is 0 Å². The lowest BCUT2D eigenvalue weighted by atomic mass is 9.80. The van der Waals surface area contributed by atoms with E-state index in [2.05, 4.69) is 0 Å². The predicted octanol–water partition coefficient (Wildman–Crippen LogP) is 2.76. The van der Waals surface area contributed by atoms with E-state index in [-0.39, 0.29) is 6.09 Å².